The second kappa shape index (κ2) is 9.38. The van der Waals surface area contributed by atoms with Gasteiger partial charge < -0.3 is 19.6 Å². The number of alkyl carbamates (subject to hydrolysis) is 1. The van der Waals surface area contributed by atoms with E-state index in [1.165, 1.54) is 0 Å². The molecule has 0 bridgehead atoms. The predicted molar refractivity (Wildman–Crippen MR) is 85.7 cm³/mol. The van der Waals surface area contributed by atoms with Crippen LogP contribution in [-0.2, 0) is 27.5 Å². The summed E-state index contributed by atoms with van der Waals surface area (Å²) in [6, 6.07) is 18.2. The first kappa shape index (κ1) is 16.7. The molecular weight excluding hydrogens is 294 g/mol. The lowest BCUT2D eigenvalue weighted by Gasteiger charge is -2.13. The molecule has 0 aliphatic heterocycles. The Balaban J connectivity index is 1.69. The molecule has 2 rings (SSSR count). The Morgan fingerprint density at radius 2 is 1.52 bits per heavy atom. The molecule has 2 aromatic rings. The minimum absolute atomic E-state index is 0.0961. The first-order valence-corrected chi connectivity index (χ1v) is 7.32. The smallest absolute Gasteiger partial charge is 0.408 e. The molecule has 120 valence electrons. The van der Waals surface area contributed by atoms with Crippen molar-refractivity contribution in [1.29, 1.82) is 0 Å². The van der Waals surface area contributed by atoms with Crippen molar-refractivity contribution in [2.75, 3.05) is 6.61 Å². The molecule has 0 fully saturated rings. The second-order valence-electron chi connectivity index (χ2n) is 4.95. The van der Waals surface area contributed by atoms with Crippen LogP contribution in [0.5, 0.6) is 0 Å². The van der Waals surface area contributed by atoms with Gasteiger partial charge in [0.1, 0.15) is 18.9 Å². The summed E-state index contributed by atoms with van der Waals surface area (Å²) in [6.45, 7) is 0.633. The molecule has 5 nitrogen and oxygen atoms in total. The molecule has 0 aliphatic rings. The van der Waals surface area contributed by atoms with Crippen LogP contribution >= 0.6 is 0 Å². The highest BCUT2D eigenvalue weighted by Gasteiger charge is 2.12. The summed E-state index contributed by atoms with van der Waals surface area (Å²) in [5.41, 5.74) is 1.88. The molecule has 0 saturated carbocycles. The standard InChI is InChI=1S/C18H19NO4/c20-11-17(14-22-12-15-7-3-1-4-8-15)19-18(21)23-13-16-9-5-2-6-10-16/h1-11,17H,12-14H2,(H,19,21). The maximum absolute atomic E-state index is 11.7. The third-order valence-corrected chi connectivity index (χ3v) is 3.09. The molecule has 0 spiro atoms. The summed E-state index contributed by atoms with van der Waals surface area (Å²) in [6.07, 6.45) is -0.0105. The highest BCUT2D eigenvalue weighted by Crippen LogP contribution is 2.02. The van der Waals surface area contributed by atoms with E-state index >= 15 is 0 Å². The Kier molecular flexibility index (Phi) is 6.81. The molecule has 0 heterocycles. The van der Waals surface area contributed by atoms with Crippen LogP contribution < -0.4 is 5.32 Å². The first-order valence-electron chi connectivity index (χ1n) is 7.32. The summed E-state index contributed by atoms with van der Waals surface area (Å²) in [5, 5.41) is 2.47. The monoisotopic (exact) mass is 313 g/mol. The van der Waals surface area contributed by atoms with E-state index in [0.717, 1.165) is 11.1 Å². The number of nitrogens with one attached hydrogen (secondary N) is 1. The van der Waals surface area contributed by atoms with Gasteiger partial charge in [-0.15, -0.1) is 0 Å². The summed E-state index contributed by atoms with van der Waals surface area (Å²) in [7, 11) is 0. The average Bonchev–Trinajstić information content (AvgIpc) is 2.61. The van der Waals surface area contributed by atoms with Crippen molar-refractivity contribution >= 4 is 12.4 Å². The Morgan fingerprint density at radius 3 is 2.09 bits per heavy atom. The van der Waals surface area contributed by atoms with Crippen molar-refractivity contribution in [2.45, 2.75) is 19.3 Å². The molecule has 0 aliphatic carbocycles. The van der Waals surface area contributed by atoms with Gasteiger partial charge in [0.25, 0.3) is 0 Å². The van der Waals surface area contributed by atoms with Crippen molar-refractivity contribution in [3.8, 4) is 0 Å². The van der Waals surface area contributed by atoms with Gasteiger partial charge in [-0.1, -0.05) is 60.7 Å². The van der Waals surface area contributed by atoms with Crippen LogP contribution in [0.15, 0.2) is 60.7 Å². The molecule has 0 saturated heterocycles. The van der Waals surface area contributed by atoms with E-state index in [1.54, 1.807) is 0 Å². The van der Waals surface area contributed by atoms with E-state index in [0.29, 0.717) is 12.9 Å². The van der Waals surface area contributed by atoms with Crippen LogP contribution in [-0.4, -0.2) is 25.0 Å². The van der Waals surface area contributed by atoms with Crippen LogP contribution in [0, 0.1) is 0 Å². The maximum Gasteiger partial charge on any atom is 0.408 e. The van der Waals surface area contributed by atoms with Gasteiger partial charge in [0.15, 0.2) is 0 Å². The van der Waals surface area contributed by atoms with Crippen molar-refractivity contribution < 1.29 is 19.1 Å². The SMILES string of the molecule is O=CC(COCc1ccccc1)NC(=O)OCc1ccccc1. The van der Waals surface area contributed by atoms with E-state index in [2.05, 4.69) is 5.32 Å². The summed E-state index contributed by atoms with van der Waals surface area (Å²) < 4.78 is 10.5. The van der Waals surface area contributed by atoms with Gasteiger partial charge in [0.05, 0.1) is 13.2 Å². The van der Waals surface area contributed by atoms with Crippen LogP contribution in [0.3, 0.4) is 0 Å². The number of benzene rings is 2. The highest BCUT2D eigenvalue weighted by molar-refractivity contribution is 5.73. The fraction of sp³-hybridized carbons (Fsp3) is 0.222. The number of hydrogen-bond acceptors (Lipinski definition) is 4. The third-order valence-electron chi connectivity index (χ3n) is 3.09. The van der Waals surface area contributed by atoms with Gasteiger partial charge in [-0.05, 0) is 11.1 Å². The minimum atomic E-state index is -0.734. The average molecular weight is 313 g/mol. The van der Waals surface area contributed by atoms with Gasteiger partial charge in [0, 0.05) is 0 Å². The van der Waals surface area contributed by atoms with E-state index in [4.69, 9.17) is 9.47 Å². The molecular formula is C18H19NO4. The second-order valence-corrected chi connectivity index (χ2v) is 4.95. The molecule has 2 aromatic carbocycles. The number of carbonyl (C=O) groups excluding carboxylic acids is 2. The Labute approximate surface area is 135 Å². The summed E-state index contributed by atoms with van der Waals surface area (Å²) in [4.78, 5) is 22.7. The molecule has 1 amide bonds. The number of hydrogen-bond donors (Lipinski definition) is 1. The Morgan fingerprint density at radius 1 is 0.957 bits per heavy atom. The maximum atomic E-state index is 11.7. The Hall–Kier alpha value is -2.66. The molecule has 0 radical (unpaired) electrons. The van der Waals surface area contributed by atoms with E-state index in [1.807, 2.05) is 60.7 Å². The van der Waals surface area contributed by atoms with Gasteiger partial charge in [-0.3, -0.25) is 0 Å². The molecule has 0 aromatic heterocycles. The van der Waals surface area contributed by atoms with Gasteiger partial charge in [-0.2, -0.15) is 0 Å². The van der Waals surface area contributed by atoms with E-state index in [-0.39, 0.29) is 13.2 Å². The molecule has 1 atom stereocenters. The number of rotatable bonds is 8. The van der Waals surface area contributed by atoms with Crippen molar-refractivity contribution in [1.82, 2.24) is 5.32 Å². The fourth-order valence-corrected chi connectivity index (χ4v) is 1.91. The van der Waals surface area contributed by atoms with E-state index < -0.39 is 12.1 Å². The zero-order chi connectivity index (χ0) is 16.3. The topological polar surface area (TPSA) is 64.6 Å². The van der Waals surface area contributed by atoms with Crippen LogP contribution in [0.25, 0.3) is 0 Å². The molecule has 1 unspecified atom stereocenters. The number of aldehydes is 1. The third kappa shape index (κ3) is 6.32. The van der Waals surface area contributed by atoms with Crippen LogP contribution in [0.1, 0.15) is 11.1 Å². The summed E-state index contributed by atoms with van der Waals surface area (Å²) >= 11 is 0. The van der Waals surface area contributed by atoms with Crippen LogP contribution in [0.4, 0.5) is 4.79 Å². The van der Waals surface area contributed by atoms with Crippen molar-refractivity contribution in [3.05, 3.63) is 71.8 Å². The molecule has 23 heavy (non-hydrogen) atoms. The normalized spacial score (nSPS) is 11.5. The van der Waals surface area contributed by atoms with Gasteiger partial charge in [0.2, 0.25) is 0 Å². The highest BCUT2D eigenvalue weighted by atomic mass is 16.5. The zero-order valence-corrected chi connectivity index (χ0v) is 12.7. The van der Waals surface area contributed by atoms with Crippen molar-refractivity contribution in [2.24, 2.45) is 0 Å². The fourth-order valence-electron chi connectivity index (χ4n) is 1.91. The predicted octanol–water partition coefficient (Wildman–Crippen LogP) is 2.70. The zero-order valence-electron chi connectivity index (χ0n) is 12.7. The first-order chi connectivity index (χ1) is 11.3. The Bertz CT molecular complexity index is 601. The van der Waals surface area contributed by atoms with Crippen LogP contribution in [0.2, 0.25) is 0 Å². The lowest BCUT2D eigenvalue weighted by Crippen LogP contribution is -2.39. The lowest BCUT2D eigenvalue weighted by atomic mass is 10.2. The number of ether oxygens (including phenoxy) is 2. The van der Waals surface area contributed by atoms with E-state index in [9.17, 15) is 9.59 Å². The lowest BCUT2D eigenvalue weighted by molar-refractivity contribution is -0.111. The molecule has 5 heteroatoms. The number of carbonyl (C=O) groups is 2. The quantitative estimate of drug-likeness (QED) is 0.761. The van der Waals surface area contributed by atoms with Crippen molar-refractivity contribution in [3.63, 3.8) is 0 Å². The largest absolute Gasteiger partial charge is 0.445 e. The van der Waals surface area contributed by atoms with Gasteiger partial charge in [-0.25, -0.2) is 4.79 Å². The number of amides is 1. The minimum Gasteiger partial charge on any atom is -0.445 e. The summed E-state index contributed by atoms with van der Waals surface area (Å²) in [5.74, 6) is 0. The molecule has 1 N–H and O–H groups in total. The van der Waals surface area contributed by atoms with Gasteiger partial charge >= 0.3 is 6.09 Å².